The summed E-state index contributed by atoms with van der Waals surface area (Å²) in [5.74, 6) is -1.75. The summed E-state index contributed by atoms with van der Waals surface area (Å²) >= 11 is 0. The zero-order chi connectivity index (χ0) is 13.6. The van der Waals surface area contributed by atoms with Crippen molar-refractivity contribution in [3.8, 4) is 0 Å². The Labute approximate surface area is 109 Å². The van der Waals surface area contributed by atoms with Gasteiger partial charge < -0.3 is 10.0 Å². The Balaban J connectivity index is 1.85. The minimum Gasteiger partial charge on any atom is -0.480 e. The molecule has 1 fully saturated rings. The van der Waals surface area contributed by atoms with Gasteiger partial charge in [0.25, 0.3) is 0 Å². The third kappa shape index (κ3) is 1.80. The lowest BCUT2D eigenvalue weighted by Gasteiger charge is -2.31. The van der Waals surface area contributed by atoms with E-state index in [1.807, 2.05) is 6.07 Å². The highest BCUT2D eigenvalue weighted by molar-refractivity contribution is 6.04. The summed E-state index contributed by atoms with van der Waals surface area (Å²) in [4.78, 5) is 24.9. The fraction of sp³-hybridized carbons (Fsp3) is 0.429. The molecule has 0 aromatic heterocycles. The first-order valence-electron chi connectivity index (χ1n) is 6.34. The van der Waals surface area contributed by atoms with Gasteiger partial charge in [-0.15, -0.1) is 0 Å². The second kappa shape index (κ2) is 4.05. The van der Waals surface area contributed by atoms with Crippen LogP contribution in [0.25, 0.3) is 0 Å². The van der Waals surface area contributed by atoms with Crippen molar-refractivity contribution >= 4 is 11.9 Å². The Morgan fingerprint density at radius 3 is 2.68 bits per heavy atom. The summed E-state index contributed by atoms with van der Waals surface area (Å²) in [6, 6.07) is 4.88. The molecule has 1 N–H and O–H groups in total. The number of carbonyl (C=O) groups is 2. The van der Waals surface area contributed by atoms with Gasteiger partial charge in [0.05, 0.1) is 0 Å². The first-order chi connectivity index (χ1) is 9.04. The Hall–Kier alpha value is -1.91. The van der Waals surface area contributed by atoms with Crippen molar-refractivity contribution in [3.63, 3.8) is 0 Å². The molecule has 1 aliphatic heterocycles. The first-order valence-corrected chi connectivity index (χ1v) is 6.34. The molecule has 0 atom stereocenters. The van der Waals surface area contributed by atoms with Crippen molar-refractivity contribution in [3.05, 3.63) is 35.1 Å². The standard InChI is InChI=1S/C14H14FNO3/c15-11-3-1-2-9-4-7-16(8-10(9)11)12(17)14(5-6-14)13(18)19/h1-3H,4-8H2,(H,18,19). The molecule has 100 valence electrons. The number of fused-ring (bicyclic) bond motifs is 1. The third-order valence-corrected chi connectivity index (χ3v) is 4.07. The molecular formula is C14H14FNO3. The topological polar surface area (TPSA) is 57.6 Å². The highest BCUT2D eigenvalue weighted by Gasteiger charge is 2.58. The fourth-order valence-corrected chi connectivity index (χ4v) is 2.66. The molecule has 0 radical (unpaired) electrons. The van der Waals surface area contributed by atoms with Gasteiger partial charge in [-0.2, -0.15) is 0 Å². The lowest BCUT2D eigenvalue weighted by Crippen LogP contribution is -2.43. The second-order valence-electron chi connectivity index (χ2n) is 5.24. The smallest absolute Gasteiger partial charge is 0.319 e. The number of aliphatic carboxylic acids is 1. The SMILES string of the molecule is O=C(O)C1(C(=O)N2CCc3cccc(F)c3C2)CC1. The molecule has 0 unspecified atom stereocenters. The summed E-state index contributed by atoms with van der Waals surface area (Å²) < 4.78 is 13.7. The zero-order valence-electron chi connectivity index (χ0n) is 10.4. The summed E-state index contributed by atoms with van der Waals surface area (Å²) in [7, 11) is 0. The van der Waals surface area contributed by atoms with E-state index in [1.165, 1.54) is 11.0 Å². The summed E-state index contributed by atoms with van der Waals surface area (Å²) in [5.41, 5.74) is 0.190. The summed E-state index contributed by atoms with van der Waals surface area (Å²) in [6.45, 7) is 0.639. The maximum atomic E-state index is 13.7. The number of carboxylic acid groups (broad SMARTS) is 1. The lowest BCUT2D eigenvalue weighted by molar-refractivity contribution is -0.153. The van der Waals surface area contributed by atoms with Gasteiger partial charge in [-0.25, -0.2) is 4.39 Å². The van der Waals surface area contributed by atoms with E-state index in [2.05, 4.69) is 0 Å². The molecular weight excluding hydrogens is 249 g/mol. The summed E-state index contributed by atoms with van der Waals surface area (Å²) in [6.07, 6.45) is 1.36. The number of benzene rings is 1. The molecule has 3 rings (SSSR count). The molecule has 5 heteroatoms. The monoisotopic (exact) mass is 263 g/mol. The third-order valence-electron chi connectivity index (χ3n) is 4.07. The number of rotatable bonds is 2. The van der Waals surface area contributed by atoms with Crippen LogP contribution in [0.4, 0.5) is 4.39 Å². The Morgan fingerprint density at radius 1 is 1.32 bits per heavy atom. The molecule has 1 saturated carbocycles. The van der Waals surface area contributed by atoms with Gasteiger partial charge in [-0.3, -0.25) is 9.59 Å². The van der Waals surface area contributed by atoms with E-state index in [0.29, 0.717) is 31.4 Å². The molecule has 1 heterocycles. The highest BCUT2D eigenvalue weighted by atomic mass is 19.1. The van der Waals surface area contributed by atoms with Gasteiger partial charge in [0.2, 0.25) is 5.91 Å². The van der Waals surface area contributed by atoms with E-state index in [4.69, 9.17) is 5.11 Å². The molecule has 1 amide bonds. The van der Waals surface area contributed by atoms with Crippen LogP contribution in [0, 0.1) is 11.2 Å². The van der Waals surface area contributed by atoms with Gasteiger partial charge in [0.1, 0.15) is 11.2 Å². The van der Waals surface area contributed by atoms with E-state index in [9.17, 15) is 14.0 Å². The van der Waals surface area contributed by atoms with E-state index < -0.39 is 11.4 Å². The number of halogens is 1. The number of carboxylic acids is 1. The van der Waals surface area contributed by atoms with Crippen LogP contribution in [0.2, 0.25) is 0 Å². The molecule has 1 aromatic rings. The number of nitrogens with zero attached hydrogens (tertiary/aromatic N) is 1. The summed E-state index contributed by atoms with van der Waals surface area (Å²) in [5, 5.41) is 9.13. The quantitative estimate of drug-likeness (QED) is 0.824. The maximum absolute atomic E-state index is 13.7. The van der Waals surface area contributed by atoms with Crippen LogP contribution in [-0.4, -0.2) is 28.4 Å². The molecule has 19 heavy (non-hydrogen) atoms. The van der Waals surface area contributed by atoms with Crippen LogP contribution in [0.3, 0.4) is 0 Å². The van der Waals surface area contributed by atoms with Gasteiger partial charge >= 0.3 is 5.97 Å². The van der Waals surface area contributed by atoms with Crippen LogP contribution in [0.1, 0.15) is 24.0 Å². The Bertz CT molecular complexity index is 566. The van der Waals surface area contributed by atoms with Gasteiger partial charge in [-0.1, -0.05) is 12.1 Å². The normalized spacial score (nSPS) is 19.7. The molecule has 0 bridgehead atoms. The van der Waals surface area contributed by atoms with Crippen molar-refractivity contribution < 1.29 is 19.1 Å². The van der Waals surface area contributed by atoms with E-state index >= 15 is 0 Å². The molecule has 0 spiro atoms. The predicted octanol–water partition coefficient (Wildman–Crippen LogP) is 1.58. The van der Waals surface area contributed by atoms with Gasteiger partial charge in [0, 0.05) is 18.7 Å². The predicted molar refractivity (Wildman–Crippen MR) is 64.8 cm³/mol. The zero-order valence-corrected chi connectivity index (χ0v) is 10.4. The number of amides is 1. The van der Waals surface area contributed by atoms with Crippen molar-refractivity contribution in [2.24, 2.45) is 5.41 Å². The number of hydrogen-bond donors (Lipinski definition) is 1. The van der Waals surface area contributed by atoms with Crippen LogP contribution in [-0.2, 0) is 22.6 Å². The molecule has 1 aliphatic carbocycles. The lowest BCUT2D eigenvalue weighted by atomic mass is 9.97. The maximum Gasteiger partial charge on any atom is 0.319 e. The van der Waals surface area contributed by atoms with Gasteiger partial charge in [-0.05, 0) is 30.9 Å². The van der Waals surface area contributed by atoms with E-state index in [1.54, 1.807) is 6.07 Å². The largest absolute Gasteiger partial charge is 0.480 e. The van der Waals surface area contributed by atoms with E-state index in [-0.39, 0.29) is 18.3 Å². The minimum absolute atomic E-state index is 0.176. The van der Waals surface area contributed by atoms with Crippen molar-refractivity contribution in [2.45, 2.75) is 25.8 Å². The van der Waals surface area contributed by atoms with Crippen molar-refractivity contribution in [2.75, 3.05) is 6.54 Å². The van der Waals surface area contributed by atoms with Crippen LogP contribution >= 0.6 is 0 Å². The molecule has 2 aliphatic rings. The number of hydrogen-bond acceptors (Lipinski definition) is 2. The van der Waals surface area contributed by atoms with Crippen LogP contribution in [0.15, 0.2) is 18.2 Å². The van der Waals surface area contributed by atoms with Crippen molar-refractivity contribution in [1.29, 1.82) is 0 Å². The van der Waals surface area contributed by atoms with Crippen LogP contribution < -0.4 is 0 Å². The van der Waals surface area contributed by atoms with Crippen molar-refractivity contribution in [1.82, 2.24) is 4.90 Å². The van der Waals surface area contributed by atoms with Gasteiger partial charge in [0.15, 0.2) is 0 Å². The average molecular weight is 263 g/mol. The minimum atomic E-state index is -1.23. The molecule has 4 nitrogen and oxygen atoms in total. The highest BCUT2D eigenvalue weighted by Crippen LogP contribution is 2.48. The molecule has 1 aromatic carbocycles. The average Bonchev–Trinajstić information content (AvgIpc) is 3.19. The van der Waals surface area contributed by atoms with Crippen LogP contribution in [0.5, 0.6) is 0 Å². The van der Waals surface area contributed by atoms with E-state index in [0.717, 1.165) is 5.56 Å². The Kier molecular flexibility index (Phi) is 2.59. The fourth-order valence-electron chi connectivity index (χ4n) is 2.66. The second-order valence-corrected chi connectivity index (χ2v) is 5.24. The Morgan fingerprint density at radius 2 is 2.05 bits per heavy atom. The first kappa shape index (κ1) is 12.1. The molecule has 0 saturated heterocycles. The number of carbonyl (C=O) groups excluding carboxylic acids is 1.